The Morgan fingerprint density at radius 3 is 2.13 bits per heavy atom. The summed E-state index contributed by atoms with van der Waals surface area (Å²) in [4.78, 5) is 0. The van der Waals surface area contributed by atoms with E-state index in [1.54, 1.807) is 0 Å². The van der Waals surface area contributed by atoms with Crippen LogP contribution in [0.3, 0.4) is 0 Å². The van der Waals surface area contributed by atoms with E-state index in [1.807, 2.05) is 0 Å². The summed E-state index contributed by atoms with van der Waals surface area (Å²) in [6, 6.07) is 8.80. The van der Waals surface area contributed by atoms with E-state index >= 15 is 0 Å². The zero-order valence-electron chi connectivity index (χ0n) is 10.4. The van der Waals surface area contributed by atoms with Crippen LogP contribution in [0, 0.1) is 5.41 Å². The summed E-state index contributed by atoms with van der Waals surface area (Å²) in [7, 11) is 0. The molecule has 0 saturated heterocycles. The van der Waals surface area contributed by atoms with Crippen molar-refractivity contribution in [3.8, 4) is 0 Å². The average Bonchev–Trinajstić information content (AvgIpc) is 2.17. The third-order valence-electron chi connectivity index (χ3n) is 2.43. The maximum absolute atomic E-state index is 2.26. The number of benzene rings is 1. The predicted molar refractivity (Wildman–Crippen MR) is 68.9 cm³/mol. The van der Waals surface area contributed by atoms with E-state index in [0.29, 0.717) is 5.41 Å². The molecule has 0 N–H and O–H groups in total. The molecule has 0 aliphatic heterocycles. The van der Waals surface area contributed by atoms with Crippen LogP contribution in [-0.2, 0) is 6.42 Å². The standard InChI is InChI=1S/C15H22/c1-5-13-8-10-14(11-9-13)7-6-12-15(2,3)4/h6-11H,5,12H2,1-4H3/b7-6+. The topological polar surface area (TPSA) is 0 Å². The molecule has 82 valence electrons. The molecule has 0 nitrogen and oxygen atoms in total. The van der Waals surface area contributed by atoms with Crippen molar-refractivity contribution in [2.75, 3.05) is 0 Å². The summed E-state index contributed by atoms with van der Waals surface area (Å²) in [6.45, 7) is 8.97. The van der Waals surface area contributed by atoms with Gasteiger partial charge in [-0.15, -0.1) is 0 Å². The van der Waals surface area contributed by atoms with Crippen molar-refractivity contribution in [2.24, 2.45) is 5.41 Å². The van der Waals surface area contributed by atoms with Crippen LogP contribution in [0.25, 0.3) is 6.08 Å². The molecule has 0 heterocycles. The molecular formula is C15H22. The van der Waals surface area contributed by atoms with Crippen LogP contribution in [0.4, 0.5) is 0 Å². The normalized spacial score (nSPS) is 12.3. The molecule has 1 rings (SSSR count). The van der Waals surface area contributed by atoms with Crippen molar-refractivity contribution in [1.29, 1.82) is 0 Å². The van der Waals surface area contributed by atoms with E-state index in [9.17, 15) is 0 Å². The van der Waals surface area contributed by atoms with Gasteiger partial charge in [0.15, 0.2) is 0 Å². The van der Waals surface area contributed by atoms with Gasteiger partial charge in [0.05, 0.1) is 0 Å². The van der Waals surface area contributed by atoms with Gasteiger partial charge in [-0.25, -0.2) is 0 Å². The number of aryl methyl sites for hydroxylation is 1. The Morgan fingerprint density at radius 2 is 1.67 bits per heavy atom. The molecule has 0 aliphatic rings. The van der Waals surface area contributed by atoms with Crippen molar-refractivity contribution in [2.45, 2.75) is 40.5 Å². The van der Waals surface area contributed by atoms with Gasteiger partial charge in [-0.05, 0) is 29.4 Å². The minimum absolute atomic E-state index is 0.389. The van der Waals surface area contributed by atoms with Gasteiger partial charge in [-0.3, -0.25) is 0 Å². The fourth-order valence-corrected chi connectivity index (χ4v) is 1.41. The number of hydrogen-bond donors (Lipinski definition) is 0. The van der Waals surface area contributed by atoms with Crippen LogP contribution >= 0.6 is 0 Å². The lowest BCUT2D eigenvalue weighted by Gasteiger charge is -2.14. The largest absolute Gasteiger partial charge is 0.0834 e. The second-order valence-electron chi connectivity index (χ2n) is 5.26. The maximum atomic E-state index is 2.26. The molecule has 0 radical (unpaired) electrons. The summed E-state index contributed by atoms with van der Waals surface area (Å²) in [6.07, 6.45) is 6.72. The molecule has 0 amide bonds. The summed E-state index contributed by atoms with van der Waals surface area (Å²) in [5.41, 5.74) is 3.10. The fraction of sp³-hybridized carbons (Fsp3) is 0.467. The smallest absolute Gasteiger partial charge is 0.0260 e. The molecule has 0 fully saturated rings. The van der Waals surface area contributed by atoms with E-state index in [0.717, 1.165) is 12.8 Å². The molecule has 1 aromatic rings. The number of allylic oxidation sites excluding steroid dienone is 1. The summed E-state index contributed by atoms with van der Waals surface area (Å²) >= 11 is 0. The van der Waals surface area contributed by atoms with Crippen molar-refractivity contribution in [3.05, 3.63) is 41.5 Å². The molecule has 0 unspecified atom stereocenters. The van der Waals surface area contributed by atoms with Crippen molar-refractivity contribution < 1.29 is 0 Å². The van der Waals surface area contributed by atoms with Gasteiger partial charge in [-0.2, -0.15) is 0 Å². The van der Waals surface area contributed by atoms with Crippen LogP contribution in [0.15, 0.2) is 30.3 Å². The summed E-state index contributed by atoms with van der Waals surface area (Å²) in [5, 5.41) is 0. The molecular weight excluding hydrogens is 180 g/mol. The first kappa shape index (κ1) is 12.0. The molecule has 0 aromatic heterocycles. The quantitative estimate of drug-likeness (QED) is 0.666. The molecule has 0 bridgehead atoms. The highest BCUT2D eigenvalue weighted by molar-refractivity contribution is 5.49. The summed E-state index contributed by atoms with van der Waals surface area (Å²) in [5.74, 6) is 0. The van der Waals surface area contributed by atoms with E-state index < -0.39 is 0 Å². The van der Waals surface area contributed by atoms with E-state index in [1.165, 1.54) is 11.1 Å². The SMILES string of the molecule is CCc1ccc(/C=C/CC(C)(C)C)cc1. The Morgan fingerprint density at radius 1 is 1.07 bits per heavy atom. The van der Waals surface area contributed by atoms with Crippen LogP contribution in [-0.4, -0.2) is 0 Å². The molecule has 0 atom stereocenters. The highest BCUT2D eigenvalue weighted by Gasteiger charge is 2.06. The first-order valence-electron chi connectivity index (χ1n) is 5.77. The summed E-state index contributed by atoms with van der Waals surface area (Å²) < 4.78 is 0. The predicted octanol–water partition coefficient (Wildman–Crippen LogP) is 4.70. The second kappa shape index (κ2) is 5.16. The Balaban J connectivity index is 2.57. The van der Waals surface area contributed by atoms with E-state index in [4.69, 9.17) is 0 Å². The average molecular weight is 202 g/mol. The fourth-order valence-electron chi connectivity index (χ4n) is 1.41. The van der Waals surface area contributed by atoms with E-state index in [-0.39, 0.29) is 0 Å². The lowest BCUT2D eigenvalue weighted by Crippen LogP contribution is -2.01. The monoisotopic (exact) mass is 202 g/mol. The van der Waals surface area contributed by atoms with Crippen molar-refractivity contribution in [3.63, 3.8) is 0 Å². The molecule has 0 spiro atoms. The van der Waals surface area contributed by atoms with Crippen LogP contribution in [0.1, 0.15) is 45.2 Å². The third kappa shape index (κ3) is 4.83. The zero-order chi connectivity index (χ0) is 11.3. The lowest BCUT2D eigenvalue weighted by molar-refractivity contribution is 0.421. The first-order valence-corrected chi connectivity index (χ1v) is 5.77. The Bertz CT molecular complexity index is 309. The molecule has 1 aromatic carbocycles. The Hall–Kier alpha value is -1.04. The zero-order valence-corrected chi connectivity index (χ0v) is 10.4. The Labute approximate surface area is 94.0 Å². The molecule has 0 heteroatoms. The van der Waals surface area contributed by atoms with Gasteiger partial charge in [0.1, 0.15) is 0 Å². The third-order valence-corrected chi connectivity index (χ3v) is 2.43. The maximum Gasteiger partial charge on any atom is -0.0260 e. The first-order chi connectivity index (χ1) is 7.01. The van der Waals surface area contributed by atoms with Crippen LogP contribution in [0.2, 0.25) is 0 Å². The van der Waals surface area contributed by atoms with E-state index in [2.05, 4.69) is 64.1 Å². The lowest BCUT2D eigenvalue weighted by atomic mass is 9.92. The van der Waals surface area contributed by atoms with Crippen molar-refractivity contribution >= 4 is 6.08 Å². The minimum Gasteiger partial charge on any atom is -0.0834 e. The van der Waals surface area contributed by atoms with Gasteiger partial charge >= 0.3 is 0 Å². The number of hydrogen-bond acceptors (Lipinski definition) is 0. The van der Waals surface area contributed by atoms with Crippen LogP contribution < -0.4 is 0 Å². The Kier molecular flexibility index (Phi) is 4.14. The molecule has 0 saturated carbocycles. The molecule has 15 heavy (non-hydrogen) atoms. The van der Waals surface area contributed by atoms with Gasteiger partial charge in [0, 0.05) is 0 Å². The van der Waals surface area contributed by atoms with Gasteiger partial charge < -0.3 is 0 Å². The van der Waals surface area contributed by atoms with Gasteiger partial charge in [0.25, 0.3) is 0 Å². The van der Waals surface area contributed by atoms with Crippen LogP contribution in [0.5, 0.6) is 0 Å². The van der Waals surface area contributed by atoms with Gasteiger partial charge in [0.2, 0.25) is 0 Å². The molecule has 0 aliphatic carbocycles. The van der Waals surface area contributed by atoms with Gasteiger partial charge in [-0.1, -0.05) is 64.1 Å². The highest BCUT2D eigenvalue weighted by Crippen LogP contribution is 2.19. The van der Waals surface area contributed by atoms with Crippen molar-refractivity contribution in [1.82, 2.24) is 0 Å². The minimum atomic E-state index is 0.389. The highest BCUT2D eigenvalue weighted by atomic mass is 14.1. The second-order valence-corrected chi connectivity index (χ2v) is 5.26. The number of rotatable bonds is 3.